The molecule has 12 heavy (non-hydrogen) atoms. The Kier molecular flexibility index (Phi) is 2.05. The molecule has 2 aromatic rings. The zero-order valence-corrected chi connectivity index (χ0v) is 7.69. The van der Waals surface area contributed by atoms with Gasteiger partial charge in [0, 0.05) is 4.90 Å². The second-order valence-corrected chi connectivity index (χ2v) is 3.52. The van der Waals surface area contributed by atoms with E-state index in [9.17, 15) is 0 Å². The highest BCUT2D eigenvalue weighted by molar-refractivity contribution is 7.98. The topological polar surface area (TPSA) is 0 Å². The van der Waals surface area contributed by atoms with E-state index < -0.39 is 0 Å². The Balaban J connectivity index is 2.67. The normalized spacial score (nSPS) is 10.4. The summed E-state index contributed by atoms with van der Waals surface area (Å²) in [4.78, 5) is 1.31. The highest BCUT2D eigenvalue weighted by atomic mass is 32.2. The Labute approximate surface area is 76.6 Å². The molecular formula is C11H9S. The molecule has 0 heterocycles. The van der Waals surface area contributed by atoms with Crippen LogP contribution >= 0.6 is 11.8 Å². The van der Waals surface area contributed by atoms with Crippen LogP contribution in [0.2, 0.25) is 0 Å². The van der Waals surface area contributed by atoms with Gasteiger partial charge in [-0.3, -0.25) is 0 Å². The van der Waals surface area contributed by atoms with Gasteiger partial charge in [-0.25, -0.2) is 0 Å². The minimum atomic E-state index is 1.26. The standard InChI is InChI=1S/C11H9S/c1-12-11-7-6-9-4-2-3-5-10(9)8-11/h3-8H,1H3. The van der Waals surface area contributed by atoms with Gasteiger partial charge in [-0.2, -0.15) is 0 Å². The number of fused-ring (bicyclic) bond motifs is 1. The molecule has 0 saturated heterocycles. The lowest BCUT2D eigenvalue weighted by Crippen LogP contribution is -1.72. The fourth-order valence-corrected chi connectivity index (χ4v) is 1.68. The van der Waals surface area contributed by atoms with E-state index in [1.807, 2.05) is 12.1 Å². The zero-order chi connectivity index (χ0) is 8.39. The molecule has 0 N–H and O–H groups in total. The lowest BCUT2D eigenvalue weighted by molar-refractivity contribution is 1.51. The van der Waals surface area contributed by atoms with Crippen LogP contribution in [0.4, 0.5) is 0 Å². The molecule has 0 nitrogen and oxygen atoms in total. The van der Waals surface area contributed by atoms with Crippen molar-refractivity contribution in [2.45, 2.75) is 4.90 Å². The van der Waals surface area contributed by atoms with E-state index in [4.69, 9.17) is 0 Å². The summed E-state index contributed by atoms with van der Waals surface area (Å²) in [6.07, 6.45) is 2.09. The summed E-state index contributed by atoms with van der Waals surface area (Å²) >= 11 is 1.77. The summed E-state index contributed by atoms with van der Waals surface area (Å²) in [7, 11) is 0. The predicted molar refractivity (Wildman–Crippen MR) is 54.6 cm³/mol. The first-order chi connectivity index (χ1) is 5.90. The van der Waals surface area contributed by atoms with E-state index >= 15 is 0 Å². The molecule has 0 atom stereocenters. The molecule has 0 unspecified atom stereocenters. The van der Waals surface area contributed by atoms with E-state index in [2.05, 4.69) is 36.6 Å². The van der Waals surface area contributed by atoms with Gasteiger partial charge in [0.15, 0.2) is 0 Å². The third-order valence-corrected chi connectivity index (χ3v) is 2.62. The largest absolute Gasteiger partial charge is 0.130 e. The average Bonchev–Trinajstić information content (AvgIpc) is 2.17. The minimum absolute atomic E-state index is 1.26. The molecule has 0 aliphatic rings. The lowest BCUT2D eigenvalue weighted by Gasteiger charge is -1.98. The van der Waals surface area contributed by atoms with Crippen LogP contribution in [0.5, 0.6) is 0 Å². The molecule has 0 fully saturated rings. The van der Waals surface area contributed by atoms with Crippen molar-refractivity contribution >= 4 is 22.5 Å². The predicted octanol–water partition coefficient (Wildman–Crippen LogP) is 3.36. The molecule has 0 aromatic heterocycles. The minimum Gasteiger partial charge on any atom is -0.130 e. The van der Waals surface area contributed by atoms with E-state index in [1.165, 1.54) is 15.7 Å². The van der Waals surface area contributed by atoms with Crippen molar-refractivity contribution in [2.24, 2.45) is 0 Å². The van der Waals surface area contributed by atoms with Crippen LogP contribution in [0.1, 0.15) is 0 Å². The third kappa shape index (κ3) is 1.32. The first kappa shape index (κ1) is 7.69. The van der Waals surface area contributed by atoms with Crippen LogP contribution in [0.3, 0.4) is 0 Å². The van der Waals surface area contributed by atoms with Gasteiger partial charge in [0.05, 0.1) is 0 Å². The van der Waals surface area contributed by atoms with Crippen molar-refractivity contribution in [1.82, 2.24) is 0 Å². The van der Waals surface area contributed by atoms with Gasteiger partial charge in [0.1, 0.15) is 0 Å². The Morgan fingerprint density at radius 2 is 2.08 bits per heavy atom. The molecule has 59 valence electrons. The summed E-state index contributed by atoms with van der Waals surface area (Å²) in [5.41, 5.74) is 0. The van der Waals surface area contributed by atoms with Crippen molar-refractivity contribution in [3.05, 3.63) is 42.5 Å². The number of hydrogen-bond donors (Lipinski definition) is 0. The maximum Gasteiger partial charge on any atom is 0.00755 e. The number of rotatable bonds is 1. The summed E-state index contributed by atoms with van der Waals surface area (Å²) in [6.45, 7) is 0. The Bertz CT molecular complexity index is 393. The SMILES string of the molecule is CSc1ccc2c[c]ccc2c1. The van der Waals surface area contributed by atoms with E-state index in [-0.39, 0.29) is 0 Å². The number of thioether (sulfide) groups is 1. The molecule has 0 saturated carbocycles. The lowest BCUT2D eigenvalue weighted by atomic mass is 10.1. The fourth-order valence-electron chi connectivity index (χ4n) is 1.23. The average molecular weight is 173 g/mol. The van der Waals surface area contributed by atoms with Gasteiger partial charge < -0.3 is 0 Å². The molecule has 0 aliphatic heterocycles. The molecule has 0 aliphatic carbocycles. The molecule has 0 spiro atoms. The van der Waals surface area contributed by atoms with Gasteiger partial charge in [-0.1, -0.05) is 18.2 Å². The smallest absolute Gasteiger partial charge is 0.00755 e. The molecule has 1 heteroatoms. The van der Waals surface area contributed by atoms with E-state index in [1.54, 1.807) is 11.8 Å². The van der Waals surface area contributed by atoms with E-state index in [0.717, 1.165) is 0 Å². The summed E-state index contributed by atoms with van der Waals surface area (Å²) in [6, 6.07) is 15.6. The molecule has 0 bridgehead atoms. The Morgan fingerprint density at radius 1 is 1.17 bits per heavy atom. The van der Waals surface area contributed by atoms with Crippen LogP contribution in [-0.4, -0.2) is 6.26 Å². The highest BCUT2D eigenvalue weighted by Gasteiger charge is 1.92. The van der Waals surface area contributed by atoms with Crippen molar-refractivity contribution in [3.63, 3.8) is 0 Å². The molecule has 0 amide bonds. The molecule has 2 aromatic carbocycles. The van der Waals surface area contributed by atoms with Crippen LogP contribution < -0.4 is 0 Å². The van der Waals surface area contributed by atoms with Gasteiger partial charge >= 0.3 is 0 Å². The maximum atomic E-state index is 3.07. The van der Waals surface area contributed by atoms with Crippen LogP contribution in [0.25, 0.3) is 10.8 Å². The highest BCUT2D eigenvalue weighted by Crippen LogP contribution is 2.21. The second-order valence-electron chi connectivity index (χ2n) is 2.64. The zero-order valence-electron chi connectivity index (χ0n) is 6.87. The van der Waals surface area contributed by atoms with E-state index in [0.29, 0.717) is 0 Å². The quantitative estimate of drug-likeness (QED) is 0.596. The van der Waals surface area contributed by atoms with Crippen molar-refractivity contribution in [3.8, 4) is 0 Å². The van der Waals surface area contributed by atoms with Crippen molar-refractivity contribution in [1.29, 1.82) is 0 Å². The summed E-state index contributed by atoms with van der Waals surface area (Å²) in [5.74, 6) is 0. The second kappa shape index (κ2) is 3.20. The monoisotopic (exact) mass is 173 g/mol. The first-order valence-electron chi connectivity index (χ1n) is 3.84. The Morgan fingerprint density at radius 3 is 2.92 bits per heavy atom. The van der Waals surface area contributed by atoms with Gasteiger partial charge in [-0.05, 0) is 41.3 Å². The number of benzene rings is 2. The fraction of sp³-hybridized carbons (Fsp3) is 0.0909. The van der Waals surface area contributed by atoms with Crippen LogP contribution in [0.15, 0.2) is 41.3 Å². The Hall–Kier alpha value is -0.950. The first-order valence-corrected chi connectivity index (χ1v) is 5.06. The molecule has 1 radical (unpaired) electrons. The van der Waals surface area contributed by atoms with Gasteiger partial charge in [0.25, 0.3) is 0 Å². The third-order valence-electron chi connectivity index (χ3n) is 1.89. The summed E-state index contributed by atoms with van der Waals surface area (Å²) in [5, 5.41) is 2.55. The van der Waals surface area contributed by atoms with Gasteiger partial charge in [-0.15, -0.1) is 11.8 Å². The van der Waals surface area contributed by atoms with Crippen LogP contribution in [-0.2, 0) is 0 Å². The number of hydrogen-bond acceptors (Lipinski definition) is 1. The van der Waals surface area contributed by atoms with Gasteiger partial charge in [0.2, 0.25) is 0 Å². The van der Waals surface area contributed by atoms with Crippen molar-refractivity contribution < 1.29 is 0 Å². The molecular weight excluding hydrogens is 164 g/mol. The van der Waals surface area contributed by atoms with Crippen molar-refractivity contribution in [2.75, 3.05) is 6.26 Å². The maximum absolute atomic E-state index is 3.07. The summed E-state index contributed by atoms with van der Waals surface area (Å²) < 4.78 is 0. The molecule has 2 rings (SSSR count). The van der Waals surface area contributed by atoms with Crippen LogP contribution in [0, 0.1) is 6.07 Å².